The number of rotatable bonds is 4. The van der Waals surface area contributed by atoms with Crippen molar-refractivity contribution in [3.63, 3.8) is 0 Å². The van der Waals surface area contributed by atoms with Crippen LogP contribution in [0.5, 0.6) is 0 Å². The number of carbonyl (C=O) groups is 2. The van der Waals surface area contributed by atoms with Crippen LogP contribution in [0.4, 0.5) is 0 Å². The lowest BCUT2D eigenvalue weighted by Crippen LogP contribution is -2.13. The SMILES string of the molecule is COC(=O)c1csc(/C(=C/NC(C)=O)c2c[nH]c3ccccc23)n1. The van der Waals surface area contributed by atoms with Crippen molar-refractivity contribution in [1.29, 1.82) is 0 Å². The molecule has 3 aromatic rings. The summed E-state index contributed by atoms with van der Waals surface area (Å²) in [6, 6.07) is 7.84. The number of aromatic amines is 1. The van der Waals surface area contributed by atoms with Gasteiger partial charge in [0.25, 0.3) is 0 Å². The van der Waals surface area contributed by atoms with E-state index in [-0.39, 0.29) is 11.6 Å². The first-order valence-electron chi connectivity index (χ1n) is 7.18. The van der Waals surface area contributed by atoms with E-state index >= 15 is 0 Å². The minimum Gasteiger partial charge on any atom is -0.464 e. The van der Waals surface area contributed by atoms with Gasteiger partial charge in [-0.2, -0.15) is 0 Å². The lowest BCUT2D eigenvalue weighted by Gasteiger charge is -2.04. The molecule has 7 heteroatoms. The van der Waals surface area contributed by atoms with E-state index in [0.29, 0.717) is 5.01 Å². The van der Waals surface area contributed by atoms with E-state index in [9.17, 15) is 9.59 Å². The number of benzene rings is 1. The number of para-hydroxylation sites is 1. The minimum absolute atomic E-state index is 0.183. The summed E-state index contributed by atoms with van der Waals surface area (Å²) in [4.78, 5) is 30.5. The van der Waals surface area contributed by atoms with Gasteiger partial charge in [0.2, 0.25) is 5.91 Å². The second-order valence-corrected chi connectivity index (χ2v) is 5.89. The number of hydrogen-bond acceptors (Lipinski definition) is 5. The fourth-order valence-electron chi connectivity index (χ4n) is 2.32. The lowest BCUT2D eigenvalue weighted by molar-refractivity contribution is -0.118. The van der Waals surface area contributed by atoms with Crippen LogP contribution < -0.4 is 5.32 Å². The van der Waals surface area contributed by atoms with Gasteiger partial charge in [0.1, 0.15) is 5.01 Å². The monoisotopic (exact) mass is 341 g/mol. The number of ether oxygens (including phenoxy) is 1. The number of amides is 1. The van der Waals surface area contributed by atoms with Crippen LogP contribution in [-0.2, 0) is 9.53 Å². The Morgan fingerprint density at radius 2 is 2.12 bits per heavy atom. The van der Waals surface area contributed by atoms with Crippen LogP contribution in [0.15, 0.2) is 42.0 Å². The Labute approximate surface area is 142 Å². The third-order valence-electron chi connectivity index (χ3n) is 3.43. The van der Waals surface area contributed by atoms with Gasteiger partial charge < -0.3 is 15.0 Å². The molecule has 24 heavy (non-hydrogen) atoms. The van der Waals surface area contributed by atoms with Crippen molar-refractivity contribution < 1.29 is 14.3 Å². The third kappa shape index (κ3) is 3.07. The van der Waals surface area contributed by atoms with Gasteiger partial charge in [0.15, 0.2) is 5.69 Å². The predicted molar refractivity (Wildman–Crippen MR) is 92.6 cm³/mol. The molecule has 1 amide bonds. The number of esters is 1. The average Bonchev–Trinajstić information content (AvgIpc) is 3.22. The highest BCUT2D eigenvalue weighted by Gasteiger charge is 2.17. The summed E-state index contributed by atoms with van der Waals surface area (Å²) in [6.07, 6.45) is 3.47. The quantitative estimate of drug-likeness (QED) is 0.715. The van der Waals surface area contributed by atoms with Crippen molar-refractivity contribution >= 4 is 39.7 Å². The van der Waals surface area contributed by atoms with Gasteiger partial charge in [-0.15, -0.1) is 11.3 Å². The summed E-state index contributed by atoms with van der Waals surface area (Å²) in [7, 11) is 1.31. The van der Waals surface area contributed by atoms with Crippen molar-refractivity contribution in [1.82, 2.24) is 15.3 Å². The summed E-state index contributed by atoms with van der Waals surface area (Å²) in [5.74, 6) is -0.674. The molecule has 0 atom stereocenters. The van der Waals surface area contributed by atoms with E-state index < -0.39 is 5.97 Å². The Kier molecular flexibility index (Phi) is 4.43. The zero-order valence-electron chi connectivity index (χ0n) is 13.1. The van der Waals surface area contributed by atoms with Gasteiger partial charge in [0, 0.05) is 46.7 Å². The highest BCUT2D eigenvalue weighted by molar-refractivity contribution is 7.11. The van der Waals surface area contributed by atoms with Crippen molar-refractivity contribution in [3.05, 3.63) is 58.3 Å². The zero-order chi connectivity index (χ0) is 17.1. The maximum Gasteiger partial charge on any atom is 0.357 e. The van der Waals surface area contributed by atoms with E-state index in [2.05, 4.69) is 15.3 Å². The molecule has 122 valence electrons. The number of H-pyrrole nitrogens is 1. The van der Waals surface area contributed by atoms with Gasteiger partial charge in [-0.3, -0.25) is 4.79 Å². The second-order valence-electron chi connectivity index (χ2n) is 5.04. The molecule has 0 aliphatic heterocycles. The maximum absolute atomic E-state index is 11.6. The van der Waals surface area contributed by atoms with Crippen LogP contribution in [0.1, 0.15) is 28.0 Å². The van der Waals surface area contributed by atoms with Crippen molar-refractivity contribution in [3.8, 4) is 0 Å². The highest BCUT2D eigenvalue weighted by Crippen LogP contribution is 2.31. The lowest BCUT2D eigenvalue weighted by atomic mass is 10.1. The van der Waals surface area contributed by atoms with Gasteiger partial charge in [-0.25, -0.2) is 9.78 Å². The molecule has 0 aliphatic carbocycles. The summed E-state index contributed by atoms with van der Waals surface area (Å²) in [6.45, 7) is 1.44. The van der Waals surface area contributed by atoms with Crippen LogP contribution in [-0.4, -0.2) is 29.0 Å². The minimum atomic E-state index is -0.490. The smallest absolute Gasteiger partial charge is 0.357 e. The van der Waals surface area contributed by atoms with E-state index in [1.54, 1.807) is 11.6 Å². The molecule has 0 aliphatic rings. The zero-order valence-corrected chi connectivity index (χ0v) is 13.9. The van der Waals surface area contributed by atoms with Gasteiger partial charge in [-0.1, -0.05) is 18.2 Å². The summed E-state index contributed by atoms with van der Waals surface area (Å²) < 4.78 is 4.70. The first-order valence-corrected chi connectivity index (χ1v) is 8.06. The molecule has 2 heterocycles. The molecule has 0 radical (unpaired) electrons. The summed E-state index contributed by atoms with van der Waals surface area (Å²) in [5.41, 5.74) is 2.84. The number of methoxy groups -OCH3 is 1. The molecular formula is C17H15N3O3S. The van der Waals surface area contributed by atoms with Gasteiger partial charge in [0.05, 0.1) is 7.11 Å². The molecular weight excluding hydrogens is 326 g/mol. The second kappa shape index (κ2) is 6.67. The molecule has 2 aromatic heterocycles. The normalized spacial score (nSPS) is 11.5. The Morgan fingerprint density at radius 3 is 2.88 bits per heavy atom. The fourth-order valence-corrected chi connectivity index (χ4v) is 3.14. The number of aromatic nitrogens is 2. The van der Waals surface area contributed by atoms with Gasteiger partial charge in [-0.05, 0) is 6.07 Å². The van der Waals surface area contributed by atoms with E-state index in [1.807, 2.05) is 30.5 Å². The highest BCUT2D eigenvalue weighted by atomic mass is 32.1. The predicted octanol–water partition coefficient (Wildman–Crippen LogP) is 2.94. The van der Waals surface area contributed by atoms with Crippen molar-refractivity contribution in [2.24, 2.45) is 0 Å². The van der Waals surface area contributed by atoms with E-state index in [0.717, 1.165) is 22.0 Å². The Morgan fingerprint density at radius 1 is 1.33 bits per heavy atom. The fraction of sp³-hybridized carbons (Fsp3) is 0.118. The standard InChI is InChI=1S/C17H15N3O3S/c1-10(21)18-8-13(16-20-15(9-24-16)17(22)23-2)12-7-19-14-6-4-3-5-11(12)14/h3-9,19H,1-2H3,(H,18,21)/b13-8+. The number of carbonyl (C=O) groups excluding carboxylic acids is 2. The first-order chi connectivity index (χ1) is 11.6. The van der Waals surface area contributed by atoms with E-state index in [1.165, 1.54) is 25.4 Å². The molecule has 0 unspecified atom stereocenters. The van der Waals surface area contributed by atoms with Gasteiger partial charge >= 0.3 is 5.97 Å². The van der Waals surface area contributed by atoms with Crippen LogP contribution in [0.2, 0.25) is 0 Å². The molecule has 0 spiro atoms. The molecule has 0 saturated carbocycles. The molecule has 1 aromatic carbocycles. The molecule has 0 fully saturated rings. The molecule has 3 rings (SSSR count). The molecule has 0 bridgehead atoms. The average molecular weight is 341 g/mol. The first kappa shape index (κ1) is 15.9. The topological polar surface area (TPSA) is 84.1 Å². The van der Waals surface area contributed by atoms with Crippen LogP contribution in [0.3, 0.4) is 0 Å². The largest absolute Gasteiger partial charge is 0.464 e. The van der Waals surface area contributed by atoms with Crippen LogP contribution in [0.25, 0.3) is 16.5 Å². The number of hydrogen-bond donors (Lipinski definition) is 2. The molecule has 6 nitrogen and oxygen atoms in total. The van der Waals surface area contributed by atoms with Crippen LogP contribution in [0, 0.1) is 0 Å². The summed E-state index contributed by atoms with van der Waals surface area (Å²) >= 11 is 1.31. The van der Waals surface area contributed by atoms with Crippen molar-refractivity contribution in [2.45, 2.75) is 6.92 Å². The van der Waals surface area contributed by atoms with E-state index in [4.69, 9.17) is 4.74 Å². The van der Waals surface area contributed by atoms with Crippen LogP contribution >= 0.6 is 11.3 Å². The Hall–Kier alpha value is -2.93. The van der Waals surface area contributed by atoms with Crippen molar-refractivity contribution in [2.75, 3.05) is 7.11 Å². The maximum atomic E-state index is 11.6. The number of nitrogens with zero attached hydrogens (tertiary/aromatic N) is 1. The Bertz CT molecular complexity index is 939. The third-order valence-corrected chi connectivity index (χ3v) is 4.30. The number of fused-ring (bicyclic) bond motifs is 1. The molecule has 2 N–H and O–H groups in total. The Balaban J connectivity index is 2.10. The molecule has 0 saturated heterocycles. The number of thiazole rings is 1. The summed E-state index contributed by atoms with van der Waals surface area (Å²) in [5, 5.41) is 5.94. The number of nitrogens with one attached hydrogen (secondary N) is 2.